The Morgan fingerprint density at radius 3 is 3.00 bits per heavy atom. The summed E-state index contributed by atoms with van der Waals surface area (Å²) in [5, 5.41) is 7.98. The molecule has 128 valence electrons. The first-order valence-electron chi connectivity index (χ1n) is 9.16. The number of aromatic nitrogens is 2. The lowest BCUT2D eigenvalue weighted by molar-refractivity contribution is -0.135. The van der Waals surface area contributed by atoms with E-state index in [-0.39, 0.29) is 0 Å². The fourth-order valence-corrected chi connectivity index (χ4v) is 4.20. The molecule has 2 aliphatic rings. The van der Waals surface area contributed by atoms with Crippen LogP contribution in [0.1, 0.15) is 49.9 Å². The van der Waals surface area contributed by atoms with Crippen LogP contribution in [0.3, 0.4) is 0 Å². The molecule has 5 heteroatoms. The van der Waals surface area contributed by atoms with Crippen LogP contribution in [0.2, 0.25) is 0 Å². The Bertz CT molecular complexity index is 539. The van der Waals surface area contributed by atoms with Crippen LogP contribution in [0, 0.1) is 19.8 Å². The number of hydrogen-bond donors (Lipinski definition) is 1. The smallest absolute Gasteiger partial charge is 0.222 e. The summed E-state index contributed by atoms with van der Waals surface area (Å²) in [4.78, 5) is 15.0. The van der Waals surface area contributed by atoms with Crippen molar-refractivity contribution >= 4 is 5.91 Å². The standard InChI is InChI=1S/C18H30N4O/c1-14-12-15(2)22(20-14)11-5-7-18(23)21-10-4-3-6-16-13-19-9-8-17(16)21/h12,16-17,19H,3-11,13H2,1-2H3/t16-,17+/m0/s1. The maximum Gasteiger partial charge on any atom is 0.222 e. The summed E-state index contributed by atoms with van der Waals surface area (Å²) in [7, 11) is 0. The molecular formula is C18H30N4O. The van der Waals surface area contributed by atoms with Crippen LogP contribution in [0.15, 0.2) is 6.07 Å². The Morgan fingerprint density at radius 2 is 2.22 bits per heavy atom. The van der Waals surface area contributed by atoms with Gasteiger partial charge in [-0.05, 0) is 64.6 Å². The molecule has 0 aliphatic carbocycles. The van der Waals surface area contributed by atoms with Crippen molar-refractivity contribution in [2.75, 3.05) is 19.6 Å². The molecule has 1 aromatic rings. The number of aryl methyl sites for hydroxylation is 3. The van der Waals surface area contributed by atoms with E-state index in [1.54, 1.807) is 0 Å². The number of nitrogens with zero attached hydrogens (tertiary/aromatic N) is 3. The SMILES string of the molecule is Cc1cc(C)n(CCCC(=O)N2CCCC[C@H]3CNCC[C@H]32)n1. The topological polar surface area (TPSA) is 50.2 Å². The molecule has 1 N–H and O–H groups in total. The van der Waals surface area contributed by atoms with E-state index in [1.807, 2.05) is 11.6 Å². The summed E-state index contributed by atoms with van der Waals surface area (Å²) in [5.74, 6) is 1.01. The molecule has 0 radical (unpaired) electrons. The Hall–Kier alpha value is -1.36. The Balaban J connectivity index is 1.55. The number of fused-ring (bicyclic) bond motifs is 1. The average molecular weight is 318 g/mol. The summed E-state index contributed by atoms with van der Waals surface area (Å²) >= 11 is 0. The number of carbonyl (C=O) groups excluding carboxylic acids is 1. The molecule has 0 aromatic carbocycles. The van der Waals surface area contributed by atoms with Crippen molar-refractivity contribution in [3.8, 4) is 0 Å². The lowest BCUT2D eigenvalue weighted by atomic mass is 9.89. The Labute approximate surface area is 139 Å². The van der Waals surface area contributed by atoms with E-state index in [0.717, 1.165) is 51.1 Å². The Kier molecular flexibility index (Phi) is 5.36. The molecule has 5 nitrogen and oxygen atoms in total. The van der Waals surface area contributed by atoms with Gasteiger partial charge in [0.2, 0.25) is 5.91 Å². The molecule has 2 fully saturated rings. The molecule has 0 unspecified atom stereocenters. The van der Waals surface area contributed by atoms with Gasteiger partial charge in [0.15, 0.2) is 0 Å². The van der Waals surface area contributed by atoms with Crippen molar-refractivity contribution in [2.24, 2.45) is 5.92 Å². The average Bonchev–Trinajstić information content (AvgIpc) is 2.74. The first-order valence-corrected chi connectivity index (χ1v) is 9.16. The summed E-state index contributed by atoms with van der Waals surface area (Å²) in [5.41, 5.74) is 2.24. The molecule has 0 bridgehead atoms. The number of carbonyl (C=O) groups is 1. The molecule has 1 aromatic heterocycles. The second-order valence-corrected chi connectivity index (χ2v) is 7.16. The molecule has 3 heterocycles. The van der Waals surface area contributed by atoms with E-state index in [4.69, 9.17) is 0 Å². The summed E-state index contributed by atoms with van der Waals surface area (Å²) in [6, 6.07) is 2.57. The molecule has 2 atom stereocenters. The molecule has 3 rings (SSSR count). The lowest BCUT2D eigenvalue weighted by Gasteiger charge is -2.38. The minimum absolute atomic E-state index is 0.352. The second kappa shape index (κ2) is 7.47. The minimum atomic E-state index is 0.352. The number of hydrogen-bond acceptors (Lipinski definition) is 3. The van der Waals surface area contributed by atoms with E-state index >= 15 is 0 Å². The van der Waals surface area contributed by atoms with Gasteiger partial charge in [0.25, 0.3) is 0 Å². The van der Waals surface area contributed by atoms with E-state index in [1.165, 1.54) is 18.5 Å². The van der Waals surface area contributed by atoms with E-state index in [9.17, 15) is 4.79 Å². The lowest BCUT2D eigenvalue weighted by Crippen LogP contribution is -2.50. The number of amides is 1. The summed E-state index contributed by atoms with van der Waals surface area (Å²) in [6.07, 6.45) is 6.34. The van der Waals surface area contributed by atoms with Gasteiger partial charge in [-0.1, -0.05) is 6.42 Å². The first kappa shape index (κ1) is 16.5. The van der Waals surface area contributed by atoms with Crippen LogP contribution in [0.25, 0.3) is 0 Å². The zero-order chi connectivity index (χ0) is 16.2. The molecule has 23 heavy (non-hydrogen) atoms. The van der Waals surface area contributed by atoms with Gasteiger partial charge in [0.1, 0.15) is 0 Å². The van der Waals surface area contributed by atoms with Crippen molar-refractivity contribution < 1.29 is 4.79 Å². The van der Waals surface area contributed by atoms with Gasteiger partial charge in [-0.2, -0.15) is 5.10 Å². The maximum absolute atomic E-state index is 12.8. The van der Waals surface area contributed by atoms with Crippen LogP contribution in [0.4, 0.5) is 0 Å². The van der Waals surface area contributed by atoms with Gasteiger partial charge >= 0.3 is 0 Å². The van der Waals surface area contributed by atoms with Gasteiger partial charge in [-0.25, -0.2) is 0 Å². The molecule has 2 saturated heterocycles. The zero-order valence-electron chi connectivity index (χ0n) is 14.6. The highest BCUT2D eigenvalue weighted by molar-refractivity contribution is 5.76. The third-order valence-electron chi connectivity index (χ3n) is 5.38. The number of rotatable bonds is 4. The van der Waals surface area contributed by atoms with Crippen LogP contribution < -0.4 is 5.32 Å². The van der Waals surface area contributed by atoms with Gasteiger partial charge < -0.3 is 10.2 Å². The van der Waals surface area contributed by atoms with Crippen molar-refractivity contribution in [1.29, 1.82) is 0 Å². The van der Waals surface area contributed by atoms with Crippen LogP contribution in [-0.2, 0) is 11.3 Å². The van der Waals surface area contributed by atoms with Gasteiger partial charge in [-0.15, -0.1) is 0 Å². The van der Waals surface area contributed by atoms with Crippen molar-refractivity contribution in [3.63, 3.8) is 0 Å². The molecule has 0 spiro atoms. The third kappa shape index (κ3) is 3.94. The fraction of sp³-hybridized carbons (Fsp3) is 0.778. The van der Waals surface area contributed by atoms with Crippen LogP contribution in [-0.4, -0.2) is 46.3 Å². The number of piperidine rings is 1. The predicted molar refractivity (Wildman–Crippen MR) is 91.3 cm³/mol. The highest BCUT2D eigenvalue weighted by Crippen LogP contribution is 2.27. The highest BCUT2D eigenvalue weighted by atomic mass is 16.2. The second-order valence-electron chi connectivity index (χ2n) is 7.16. The monoisotopic (exact) mass is 318 g/mol. The van der Waals surface area contributed by atoms with E-state index < -0.39 is 0 Å². The largest absolute Gasteiger partial charge is 0.339 e. The first-order chi connectivity index (χ1) is 11.1. The maximum atomic E-state index is 12.8. The highest BCUT2D eigenvalue weighted by Gasteiger charge is 2.33. The normalized spacial score (nSPS) is 25.0. The van der Waals surface area contributed by atoms with Crippen molar-refractivity contribution in [2.45, 2.75) is 65.0 Å². The van der Waals surface area contributed by atoms with Gasteiger partial charge in [-0.3, -0.25) is 9.48 Å². The van der Waals surface area contributed by atoms with Crippen LogP contribution in [0.5, 0.6) is 0 Å². The Morgan fingerprint density at radius 1 is 1.35 bits per heavy atom. The summed E-state index contributed by atoms with van der Waals surface area (Å²) in [6.45, 7) is 8.03. The number of likely N-dealkylation sites (tertiary alicyclic amines) is 1. The van der Waals surface area contributed by atoms with Crippen LogP contribution >= 0.6 is 0 Å². The number of nitrogens with one attached hydrogen (secondary N) is 1. The minimum Gasteiger partial charge on any atom is -0.339 e. The molecule has 0 saturated carbocycles. The third-order valence-corrected chi connectivity index (χ3v) is 5.38. The van der Waals surface area contributed by atoms with Gasteiger partial charge in [0.05, 0.1) is 5.69 Å². The predicted octanol–water partition coefficient (Wildman–Crippen LogP) is 2.27. The van der Waals surface area contributed by atoms with Crippen molar-refractivity contribution in [3.05, 3.63) is 17.5 Å². The van der Waals surface area contributed by atoms with E-state index in [2.05, 4.69) is 28.3 Å². The zero-order valence-corrected chi connectivity index (χ0v) is 14.6. The van der Waals surface area contributed by atoms with Gasteiger partial charge in [0, 0.05) is 31.2 Å². The fourth-order valence-electron chi connectivity index (χ4n) is 4.20. The summed E-state index contributed by atoms with van der Waals surface area (Å²) < 4.78 is 2.03. The quantitative estimate of drug-likeness (QED) is 0.926. The molecular weight excluding hydrogens is 288 g/mol. The molecule has 1 amide bonds. The van der Waals surface area contributed by atoms with Crippen molar-refractivity contribution in [1.82, 2.24) is 20.0 Å². The molecule has 2 aliphatic heterocycles. The van der Waals surface area contributed by atoms with E-state index in [0.29, 0.717) is 24.3 Å².